The molecule has 3 nitrogen and oxygen atoms in total. The van der Waals surface area contributed by atoms with Crippen molar-refractivity contribution in [3.63, 3.8) is 0 Å². The minimum Gasteiger partial charge on any atom is -0.420 e. The van der Waals surface area contributed by atoms with Crippen LogP contribution in [0.1, 0.15) is 17.0 Å². The van der Waals surface area contributed by atoms with E-state index in [0.717, 1.165) is 11.3 Å². The van der Waals surface area contributed by atoms with Crippen LogP contribution in [0.2, 0.25) is 0 Å². The van der Waals surface area contributed by atoms with Crippen molar-refractivity contribution in [3.8, 4) is 11.5 Å². The van der Waals surface area contributed by atoms with Gasteiger partial charge in [0.1, 0.15) is 5.82 Å². The van der Waals surface area contributed by atoms with E-state index in [1.54, 1.807) is 23.9 Å². The van der Waals surface area contributed by atoms with Crippen molar-refractivity contribution in [2.24, 2.45) is 0 Å². The largest absolute Gasteiger partial charge is 0.420 e. The zero-order valence-corrected chi connectivity index (χ0v) is 12.9. The molecule has 0 N–H and O–H groups in total. The van der Waals surface area contributed by atoms with Gasteiger partial charge in [-0.15, -0.1) is 22.0 Å². The van der Waals surface area contributed by atoms with E-state index in [-0.39, 0.29) is 5.82 Å². The fourth-order valence-corrected chi connectivity index (χ4v) is 2.98. The van der Waals surface area contributed by atoms with Crippen molar-refractivity contribution in [2.45, 2.75) is 18.4 Å². The Labute approximate surface area is 132 Å². The van der Waals surface area contributed by atoms with Crippen LogP contribution >= 0.6 is 11.8 Å². The number of hydrogen-bond acceptors (Lipinski definition) is 4. The summed E-state index contributed by atoms with van der Waals surface area (Å²) in [5.41, 5.74) is 3.32. The van der Waals surface area contributed by atoms with Crippen LogP contribution in [0.3, 0.4) is 0 Å². The lowest BCUT2D eigenvalue weighted by molar-refractivity contribution is 0.528. The lowest BCUT2D eigenvalue weighted by Gasteiger charge is -2.03. The zero-order valence-electron chi connectivity index (χ0n) is 12.1. The normalized spacial score (nSPS) is 10.8. The van der Waals surface area contributed by atoms with Crippen LogP contribution in [0.5, 0.6) is 0 Å². The summed E-state index contributed by atoms with van der Waals surface area (Å²) >= 11 is 1.73. The Morgan fingerprint density at radius 2 is 1.77 bits per heavy atom. The Balaban J connectivity index is 1.60. The third-order valence-corrected chi connectivity index (χ3v) is 4.27. The standard InChI is InChI=1S/C17H15FN2OS/c1-12-4-2-3-5-14(12)10-22-11-16-19-20-17(21-16)13-6-8-15(18)9-7-13/h2-9H,10-11H2,1H3. The predicted octanol–water partition coefficient (Wildman–Crippen LogP) is 4.62. The fourth-order valence-electron chi connectivity index (χ4n) is 2.04. The summed E-state index contributed by atoms with van der Waals surface area (Å²) in [6, 6.07) is 14.3. The van der Waals surface area contributed by atoms with Crippen molar-refractivity contribution in [3.05, 3.63) is 71.4 Å². The van der Waals surface area contributed by atoms with Gasteiger partial charge in [-0.05, 0) is 42.3 Å². The smallest absolute Gasteiger partial charge is 0.247 e. The molecule has 0 aliphatic heterocycles. The topological polar surface area (TPSA) is 38.9 Å². The second-order valence-corrected chi connectivity index (χ2v) is 5.91. The molecule has 5 heteroatoms. The molecule has 0 amide bonds. The summed E-state index contributed by atoms with van der Waals surface area (Å²) in [6.07, 6.45) is 0. The number of aryl methyl sites for hydroxylation is 1. The zero-order chi connectivity index (χ0) is 15.4. The summed E-state index contributed by atoms with van der Waals surface area (Å²) in [5.74, 6) is 2.28. The molecule has 0 radical (unpaired) electrons. The molecule has 0 unspecified atom stereocenters. The highest BCUT2D eigenvalue weighted by Crippen LogP contribution is 2.22. The van der Waals surface area contributed by atoms with Gasteiger partial charge in [0.2, 0.25) is 11.8 Å². The Kier molecular flexibility index (Phi) is 4.53. The van der Waals surface area contributed by atoms with Crippen molar-refractivity contribution in [1.82, 2.24) is 10.2 Å². The molecule has 1 aromatic heterocycles. The number of rotatable bonds is 5. The van der Waals surface area contributed by atoms with Gasteiger partial charge < -0.3 is 4.42 Å². The molecule has 0 saturated heterocycles. The average molecular weight is 314 g/mol. The van der Waals surface area contributed by atoms with Crippen LogP contribution in [0.15, 0.2) is 52.9 Å². The molecule has 0 fully saturated rings. The Hall–Kier alpha value is -2.14. The second kappa shape index (κ2) is 6.75. The molecular weight excluding hydrogens is 299 g/mol. The first kappa shape index (κ1) is 14.8. The van der Waals surface area contributed by atoms with Crippen molar-refractivity contribution in [2.75, 3.05) is 0 Å². The average Bonchev–Trinajstić information content (AvgIpc) is 2.99. The summed E-state index contributed by atoms with van der Waals surface area (Å²) < 4.78 is 18.5. The number of thioether (sulfide) groups is 1. The van der Waals surface area contributed by atoms with E-state index in [1.165, 1.54) is 23.3 Å². The van der Waals surface area contributed by atoms with Gasteiger partial charge in [0, 0.05) is 11.3 Å². The maximum atomic E-state index is 12.9. The second-order valence-electron chi connectivity index (χ2n) is 4.93. The Morgan fingerprint density at radius 1 is 1.00 bits per heavy atom. The van der Waals surface area contributed by atoms with Gasteiger partial charge in [-0.25, -0.2) is 4.39 Å². The Bertz CT molecular complexity index is 755. The van der Waals surface area contributed by atoms with Crippen molar-refractivity contribution in [1.29, 1.82) is 0 Å². The first-order chi connectivity index (χ1) is 10.7. The number of aromatic nitrogens is 2. The van der Waals surface area contributed by atoms with E-state index in [9.17, 15) is 4.39 Å². The van der Waals surface area contributed by atoms with E-state index >= 15 is 0 Å². The molecular formula is C17H15FN2OS. The van der Waals surface area contributed by atoms with Gasteiger partial charge in [0.15, 0.2) is 0 Å². The van der Waals surface area contributed by atoms with E-state index in [2.05, 4.69) is 29.3 Å². The molecule has 1 heterocycles. The molecule has 0 bridgehead atoms. The highest BCUT2D eigenvalue weighted by molar-refractivity contribution is 7.97. The highest BCUT2D eigenvalue weighted by Gasteiger charge is 2.09. The quantitative estimate of drug-likeness (QED) is 0.689. The molecule has 22 heavy (non-hydrogen) atoms. The molecule has 2 aromatic carbocycles. The maximum absolute atomic E-state index is 12.9. The van der Waals surface area contributed by atoms with Crippen LogP contribution in [0.4, 0.5) is 4.39 Å². The number of benzene rings is 2. The summed E-state index contributed by atoms with van der Waals surface area (Å²) in [4.78, 5) is 0. The number of nitrogens with zero attached hydrogens (tertiary/aromatic N) is 2. The minimum atomic E-state index is -0.280. The van der Waals surface area contributed by atoms with E-state index in [4.69, 9.17) is 4.42 Å². The molecule has 0 atom stereocenters. The van der Waals surface area contributed by atoms with Gasteiger partial charge in [-0.2, -0.15) is 0 Å². The van der Waals surface area contributed by atoms with Gasteiger partial charge in [0.05, 0.1) is 5.75 Å². The minimum absolute atomic E-state index is 0.280. The van der Waals surface area contributed by atoms with Crippen LogP contribution < -0.4 is 0 Å². The van der Waals surface area contributed by atoms with Crippen molar-refractivity contribution >= 4 is 11.8 Å². The van der Waals surface area contributed by atoms with Crippen LogP contribution in [0, 0.1) is 12.7 Å². The van der Waals surface area contributed by atoms with E-state index < -0.39 is 0 Å². The lowest BCUT2D eigenvalue weighted by atomic mass is 10.1. The highest BCUT2D eigenvalue weighted by atomic mass is 32.2. The van der Waals surface area contributed by atoms with Crippen LogP contribution in [-0.4, -0.2) is 10.2 Å². The molecule has 3 aromatic rings. The van der Waals surface area contributed by atoms with Crippen LogP contribution in [0.25, 0.3) is 11.5 Å². The Morgan fingerprint density at radius 3 is 2.55 bits per heavy atom. The summed E-state index contributed by atoms with van der Waals surface area (Å²) in [7, 11) is 0. The van der Waals surface area contributed by atoms with Gasteiger partial charge in [-0.3, -0.25) is 0 Å². The molecule has 0 spiro atoms. The molecule has 0 aliphatic carbocycles. The summed E-state index contributed by atoms with van der Waals surface area (Å²) in [5, 5.41) is 8.04. The molecule has 112 valence electrons. The fraction of sp³-hybridized carbons (Fsp3) is 0.176. The third-order valence-electron chi connectivity index (χ3n) is 3.30. The number of halogens is 1. The molecule has 3 rings (SSSR count). The van der Waals surface area contributed by atoms with Crippen molar-refractivity contribution < 1.29 is 8.81 Å². The van der Waals surface area contributed by atoms with Crippen LogP contribution in [-0.2, 0) is 11.5 Å². The van der Waals surface area contributed by atoms with E-state index in [0.29, 0.717) is 17.5 Å². The lowest BCUT2D eigenvalue weighted by Crippen LogP contribution is -1.87. The maximum Gasteiger partial charge on any atom is 0.247 e. The third kappa shape index (κ3) is 3.54. The van der Waals surface area contributed by atoms with Gasteiger partial charge in [0.25, 0.3) is 0 Å². The number of hydrogen-bond donors (Lipinski definition) is 0. The van der Waals surface area contributed by atoms with E-state index in [1.807, 2.05) is 12.1 Å². The predicted molar refractivity (Wildman–Crippen MR) is 85.9 cm³/mol. The molecule has 0 aliphatic rings. The first-order valence-electron chi connectivity index (χ1n) is 6.93. The van der Waals surface area contributed by atoms with Gasteiger partial charge in [-0.1, -0.05) is 24.3 Å². The summed E-state index contributed by atoms with van der Waals surface area (Å²) in [6.45, 7) is 2.11. The van der Waals surface area contributed by atoms with Gasteiger partial charge >= 0.3 is 0 Å². The monoisotopic (exact) mass is 314 g/mol. The first-order valence-corrected chi connectivity index (χ1v) is 8.08. The molecule has 0 saturated carbocycles. The SMILES string of the molecule is Cc1ccccc1CSCc1nnc(-c2ccc(F)cc2)o1.